The molecule has 148 valence electrons. The van der Waals surface area contributed by atoms with Crippen LogP contribution in [0, 0.1) is 5.92 Å². The Labute approximate surface area is 167 Å². The van der Waals surface area contributed by atoms with Gasteiger partial charge in [0, 0.05) is 30.6 Å². The van der Waals surface area contributed by atoms with Crippen molar-refractivity contribution < 1.29 is 9.59 Å². The zero-order valence-corrected chi connectivity index (χ0v) is 16.9. The van der Waals surface area contributed by atoms with Gasteiger partial charge in [0.05, 0.1) is 0 Å². The molecule has 4 heteroatoms. The topological polar surface area (TPSA) is 49.4 Å². The predicted molar refractivity (Wildman–Crippen MR) is 113 cm³/mol. The fraction of sp³-hybridized carbons (Fsp3) is 0.417. The van der Waals surface area contributed by atoms with E-state index in [1.807, 2.05) is 47.4 Å². The molecular formula is C24H30N2O2. The second kappa shape index (κ2) is 9.54. The highest BCUT2D eigenvalue weighted by molar-refractivity contribution is 5.94. The summed E-state index contributed by atoms with van der Waals surface area (Å²) < 4.78 is 0. The lowest BCUT2D eigenvalue weighted by Crippen LogP contribution is -2.48. The molecule has 28 heavy (non-hydrogen) atoms. The minimum absolute atomic E-state index is 0.0376. The number of carbonyl (C=O) groups is 2. The Kier molecular flexibility index (Phi) is 6.85. The van der Waals surface area contributed by atoms with Crippen LogP contribution in [-0.4, -0.2) is 35.8 Å². The van der Waals surface area contributed by atoms with Crippen LogP contribution in [0.2, 0.25) is 0 Å². The summed E-state index contributed by atoms with van der Waals surface area (Å²) >= 11 is 0. The van der Waals surface area contributed by atoms with E-state index in [-0.39, 0.29) is 23.8 Å². The highest BCUT2D eigenvalue weighted by Crippen LogP contribution is 2.20. The maximum absolute atomic E-state index is 12.6. The molecule has 0 aliphatic carbocycles. The molecule has 0 unspecified atom stereocenters. The van der Waals surface area contributed by atoms with Crippen molar-refractivity contribution in [2.45, 2.75) is 45.6 Å². The minimum Gasteiger partial charge on any atom is -0.349 e. The van der Waals surface area contributed by atoms with E-state index in [2.05, 4.69) is 31.3 Å². The highest BCUT2D eigenvalue weighted by atomic mass is 16.2. The average Bonchev–Trinajstić information content (AvgIpc) is 2.76. The summed E-state index contributed by atoms with van der Waals surface area (Å²) in [4.78, 5) is 27.1. The fourth-order valence-electron chi connectivity index (χ4n) is 3.85. The molecule has 1 aliphatic heterocycles. The van der Waals surface area contributed by atoms with Crippen molar-refractivity contribution in [3.63, 3.8) is 0 Å². The van der Waals surface area contributed by atoms with Gasteiger partial charge in [-0.1, -0.05) is 56.3 Å². The molecule has 3 rings (SSSR count). The van der Waals surface area contributed by atoms with Gasteiger partial charge < -0.3 is 10.2 Å². The first kappa shape index (κ1) is 20.1. The van der Waals surface area contributed by atoms with Crippen molar-refractivity contribution in [2.24, 2.45) is 5.92 Å². The smallest absolute Gasteiger partial charge is 0.251 e. The molecule has 2 amide bonds. The number of rotatable bonds is 6. The van der Waals surface area contributed by atoms with E-state index < -0.39 is 0 Å². The maximum Gasteiger partial charge on any atom is 0.251 e. The summed E-state index contributed by atoms with van der Waals surface area (Å²) in [5, 5.41) is 3.13. The largest absolute Gasteiger partial charge is 0.349 e. The van der Waals surface area contributed by atoms with Gasteiger partial charge >= 0.3 is 0 Å². The molecule has 1 aliphatic rings. The van der Waals surface area contributed by atoms with Gasteiger partial charge in [0.25, 0.3) is 5.91 Å². The van der Waals surface area contributed by atoms with Gasteiger partial charge in [-0.15, -0.1) is 0 Å². The number of piperidine rings is 1. The van der Waals surface area contributed by atoms with Crippen molar-refractivity contribution >= 4 is 11.8 Å². The zero-order valence-electron chi connectivity index (χ0n) is 16.9. The van der Waals surface area contributed by atoms with Crippen LogP contribution in [-0.2, 0) is 4.79 Å². The van der Waals surface area contributed by atoms with Gasteiger partial charge in [-0.2, -0.15) is 0 Å². The normalized spacial score (nSPS) is 14.9. The van der Waals surface area contributed by atoms with Crippen LogP contribution < -0.4 is 5.32 Å². The standard InChI is InChI=1S/C24H30N2O2/c1-3-18(4-2)24(28)26-16-14-22(15-17-26)25-23(27)21-12-10-20(11-13-21)19-8-6-5-7-9-19/h5-13,18,22H,3-4,14-17H2,1-2H3,(H,25,27). The third-order valence-corrected chi connectivity index (χ3v) is 5.73. The van der Waals surface area contributed by atoms with Crippen molar-refractivity contribution in [2.75, 3.05) is 13.1 Å². The molecular weight excluding hydrogens is 348 g/mol. The van der Waals surface area contributed by atoms with E-state index >= 15 is 0 Å². The summed E-state index contributed by atoms with van der Waals surface area (Å²) in [7, 11) is 0. The third-order valence-electron chi connectivity index (χ3n) is 5.73. The van der Waals surface area contributed by atoms with E-state index in [1.54, 1.807) is 0 Å². The first-order valence-electron chi connectivity index (χ1n) is 10.4. The Morgan fingerprint density at radius 2 is 1.50 bits per heavy atom. The van der Waals surface area contributed by atoms with Crippen molar-refractivity contribution in [1.29, 1.82) is 0 Å². The van der Waals surface area contributed by atoms with Crippen LogP contribution in [0.15, 0.2) is 54.6 Å². The minimum atomic E-state index is -0.0376. The zero-order chi connectivity index (χ0) is 19.9. The Morgan fingerprint density at radius 1 is 0.929 bits per heavy atom. The molecule has 0 radical (unpaired) electrons. The number of likely N-dealkylation sites (tertiary alicyclic amines) is 1. The van der Waals surface area contributed by atoms with E-state index in [9.17, 15) is 9.59 Å². The fourth-order valence-corrected chi connectivity index (χ4v) is 3.85. The number of hydrogen-bond acceptors (Lipinski definition) is 2. The van der Waals surface area contributed by atoms with Crippen molar-refractivity contribution in [3.8, 4) is 11.1 Å². The van der Waals surface area contributed by atoms with E-state index in [1.165, 1.54) is 0 Å². The number of amides is 2. The Balaban J connectivity index is 1.53. The number of hydrogen-bond donors (Lipinski definition) is 1. The van der Waals surface area contributed by atoms with Gasteiger partial charge in [0.2, 0.25) is 5.91 Å². The summed E-state index contributed by atoms with van der Waals surface area (Å²) in [6.07, 6.45) is 3.43. The first-order valence-corrected chi connectivity index (χ1v) is 10.4. The van der Waals surface area contributed by atoms with Crippen LogP contribution in [0.1, 0.15) is 49.9 Å². The second-order valence-electron chi connectivity index (χ2n) is 7.53. The SMILES string of the molecule is CCC(CC)C(=O)N1CCC(NC(=O)c2ccc(-c3ccccc3)cc2)CC1. The van der Waals surface area contributed by atoms with Gasteiger partial charge in [-0.05, 0) is 48.9 Å². The molecule has 0 bridgehead atoms. The molecule has 1 fully saturated rings. The van der Waals surface area contributed by atoms with Crippen LogP contribution in [0.25, 0.3) is 11.1 Å². The quantitative estimate of drug-likeness (QED) is 0.804. The number of nitrogens with zero attached hydrogens (tertiary/aromatic N) is 1. The monoisotopic (exact) mass is 378 g/mol. The summed E-state index contributed by atoms with van der Waals surface area (Å²) in [5.41, 5.74) is 2.92. The molecule has 2 aromatic carbocycles. The van der Waals surface area contributed by atoms with Gasteiger partial charge in [-0.3, -0.25) is 9.59 Å². The lowest BCUT2D eigenvalue weighted by molar-refractivity contribution is -0.136. The van der Waals surface area contributed by atoms with E-state index in [0.29, 0.717) is 5.56 Å². The molecule has 1 N–H and O–H groups in total. The maximum atomic E-state index is 12.6. The summed E-state index contributed by atoms with van der Waals surface area (Å²) in [5.74, 6) is 0.366. The van der Waals surface area contributed by atoms with Crippen LogP contribution >= 0.6 is 0 Å². The van der Waals surface area contributed by atoms with Gasteiger partial charge in [-0.25, -0.2) is 0 Å². The molecule has 0 spiro atoms. The number of carbonyl (C=O) groups excluding carboxylic acids is 2. The molecule has 0 aromatic heterocycles. The Bertz CT molecular complexity index is 774. The van der Waals surface area contributed by atoms with Crippen molar-refractivity contribution in [3.05, 3.63) is 60.2 Å². The molecule has 0 atom stereocenters. The molecule has 2 aromatic rings. The Hall–Kier alpha value is -2.62. The summed E-state index contributed by atoms with van der Waals surface area (Å²) in [6, 6.07) is 18.0. The first-order chi connectivity index (χ1) is 13.6. The lowest BCUT2D eigenvalue weighted by atomic mass is 9.98. The molecule has 0 saturated carbocycles. The van der Waals surface area contributed by atoms with Gasteiger partial charge in [0.1, 0.15) is 0 Å². The highest BCUT2D eigenvalue weighted by Gasteiger charge is 2.27. The lowest BCUT2D eigenvalue weighted by Gasteiger charge is -2.34. The Morgan fingerprint density at radius 3 is 2.07 bits per heavy atom. The van der Waals surface area contributed by atoms with Gasteiger partial charge in [0.15, 0.2) is 0 Å². The van der Waals surface area contributed by atoms with E-state index in [0.717, 1.165) is 49.9 Å². The van der Waals surface area contributed by atoms with Crippen LogP contribution in [0.4, 0.5) is 0 Å². The second-order valence-corrected chi connectivity index (χ2v) is 7.53. The van der Waals surface area contributed by atoms with E-state index in [4.69, 9.17) is 0 Å². The summed E-state index contributed by atoms with van der Waals surface area (Å²) in [6.45, 7) is 5.60. The number of benzene rings is 2. The number of nitrogens with one attached hydrogen (secondary N) is 1. The molecule has 4 nitrogen and oxygen atoms in total. The van der Waals surface area contributed by atoms with Crippen LogP contribution in [0.5, 0.6) is 0 Å². The molecule has 1 heterocycles. The van der Waals surface area contributed by atoms with Crippen LogP contribution in [0.3, 0.4) is 0 Å². The third kappa shape index (κ3) is 4.80. The molecule has 1 saturated heterocycles. The van der Waals surface area contributed by atoms with Crippen molar-refractivity contribution in [1.82, 2.24) is 10.2 Å². The average molecular weight is 379 g/mol. The predicted octanol–water partition coefficient (Wildman–Crippen LogP) is 4.51.